The van der Waals surface area contributed by atoms with Crippen molar-refractivity contribution in [2.75, 3.05) is 20.3 Å². The van der Waals surface area contributed by atoms with E-state index in [9.17, 15) is 13.2 Å². The van der Waals surface area contributed by atoms with Crippen LogP contribution in [-0.2, 0) is 11.2 Å². The predicted molar refractivity (Wildman–Crippen MR) is 58.0 cm³/mol. The second-order valence-electron chi connectivity index (χ2n) is 3.46. The Morgan fingerprint density at radius 2 is 2.12 bits per heavy atom. The van der Waals surface area contributed by atoms with Gasteiger partial charge in [-0.1, -0.05) is 11.3 Å². The van der Waals surface area contributed by atoms with E-state index in [1.165, 1.54) is 11.3 Å². The Bertz CT molecular complexity index is 342. The highest BCUT2D eigenvalue weighted by Gasteiger charge is 2.27. The number of alkyl halides is 3. The summed E-state index contributed by atoms with van der Waals surface area (Å²) in [6, 6.07) is 0.0948. The van der Waals surface area contributed by atoms with Crippen molar-refractivity contribution in [1.29, 1.82) is 0 Å². The second kappa shape index (κ2) is 6.27. The van der Waals surface area contributed by atoms with Gasteiger partial charge in [0.15, 0.2) is 0 Å². The van der Waals surface area contributed by atoms with Gasteiger partial charge < -0.3 is 10.1 Å². The van der Waals surface area contributed by atoms with Gasteiger partial charge in [-0.05, 0) is 14.0 Å². The van der Waals surface area contributed by atoms with Gasteiger partial charge in [-0.15, -0.1) is 10.2 Å². The van der Waals surface area contributed by atoms with Crippen LogP contribution >= 0.6 is 11.3 Å². The lowest BCUT2D eigenvalue weighted by Gasteiger charge is -2.06. The molecule has 0 aromatic carbocycles. The van der Waals surface area contributed by atoms with Crippen molar-refractivity contribution in [3.63, 3.8) is 0 Å². The fraction of sp³-hybridized carbons (Fsp3) is 0.778. The molecule has 98 valence electrons. The predicted octanol–water partition coefficient (Wildman–Crippen LogP) is 1.94. The van der Waals surface area contributed by atoms with Crippen molar-refractivity contribution in [2.24, 2.45) is 0 Å². The number of nitrogens with zero attached hydrogens (tertiary/aromatic N) is 2. The van der Waals surface area contributed by atoms with Gasteiger partial charge >= 0.3 is 6.18 Å². The number of nitrogens with one attached hydrogen (secondary N) is 1. The Hall–Kier alpha value is -0.730. The number of aromatic nitrogens is 2. The van der Waals surface area contributed by atoms with Crippen LogP contribution in [0.25, 0.3) is 0 Å². The highest BCUT2D eigenvalue weighted by Crippen LogP contribution is 2.18. The summed E-state index contributed by atoms with van der Waals surface area (Å²) in [5.74, 6) is 0. The molecule has 1 aromatic rings. The molecule has 1 aromatic heterocycles. The number of ether oxygens (including phenoxy) is 1. The highest BCUT2D eigenvalue weighted by atomic mass is 32.1. The van der Waals surface area contributed by atoms with Crippen molar-refractivity contribution >= 4 is 11.3 Å². The van der Waals surface area contributed by atoms with Gasteiger partial charge in [0, 0.05) is 6.42 Å². The van der Waals surface area contributed by atoms with E-state index in [1.54, 1.807) is 7.05 Å². The number of hydrogen-bond acceptors (Lipinski definition) is 5. The summed E-state index contributed by atoms with van der Waals surface area (Å²) in [7, 11) is 1.80. The van der Waals surface area contributed by atoms with Crippen LogP contribution in [0.4, 0.5) is 13.2 Å². The van der Waals surface area contributed by atoms with Crippen molar-refractivity contribution in [3.8, 4) is 0 Å². The largest absolute Gasteiger partial charge is 0.411 e. The lowest BCUT2D eigenvalue weighted by molar-refractivity contribution is -0.173. The molecule has 0 saturated heterocycles. The van der Waals surface area contributed by atoms with E-state index < -0.39 is 12.8 Å². The van der Waals surface area contributed by atoms with Crippen molar-refractivity contribution in [3.05, 3.63) is 10.0 Å². The SMILES string of the molecule is CNC(C)c1nnc(CCOCC(F)(F)F)s1. The minimum Gasteiger partial charge on any atom is -0.372 e. The monoisotopic (exact) mass is 269 g/mol. The summed E-state index contributed by atoms with van der Waals surface area (Å²) in [6.45, 7) is 0.720. The molecule has 0 aliphatic heterocycles. The van der Waals surface area contributed by atoms with Crippen LogP contribution < -0.4 is 5.32 Å². The maximum Gasteiger partial charge on any atom is 0.411 e. The second-order valence-corrected chi connectivity index (χ2v) is 4.56. The maximum atomic E-state index is 11.8. The van der Waals surface area contributed by atoms with E-state index in [0.29, 0.717) is 11.4 Å². The molecule has 1 unspecified atom stereocenters. The smallest absolute Gasteiger partial charge is 0.372 e. The fourth-order valence-corrected chi connectivity index (χ4v) is 1.90. The van der Waals surface area contributed by atoms with Crippen LogP contribution in [0.3, 0.4) is 0 Å². The quantitative estimate of drug-likeness (QED) is 0.802. The van der Waals surface area contributed by atoms with Crippen molar-refractivity contribution < 1.29 is 17.9 Å². The summed E-state index contributed by atoms with van der Waals surface area (Å²) in [5, 5.41) is 12.3. The third kappa shape index (κ3) is 5.42. The molecule has 1 N–H and O–H groups in total. The first-order valence-electron chi connectivity index (χ1n) is 5.06. The van der Waals surface area contributed by atoms with E-state index in [4.69, 9.17) is 0 Å². The van der Waals surface area contributed by atoms with Crippen molar-refractivity contribution in [1.82, 2.24) is 15.5 Å². The number of hydrogen-bond donors (Lipinski definition) is 1. The fourth-order valence-electron chi connectivity index (χ4n) is 1.01. The average molecular weight is 269 g/mol. The lowest BCUT2D eigenvalue weighted by Crippen LogP contribution is -2.17. The molecule has 8 heteroatoms. The molecular weight excluding hydrogens is 255 g/mol. The zero-order valence-electron chi connectivity index (χ0n) is 9.54. The summed E-state index contributed by atoms with van der Waals surface area (Å²) in [6.07, 6.45) is -3.92. The number of halogens is 3. The van der Waals surface area contributed by atoms with E-state index in [-0.39, 0.29) is 12.6 Å². The minimum atomic E-state index is -4.27. The summed E-state index contributed by atoms with van der Waals surface area (Å²) >= 11 is 1.38. The highest BCUT2D eigenvalue weighted by molar-refractivity contribution is 7.11. The molecule has 1 atom stereocenters. The Balaban J connectivity index is 2.30. The standard InChI is InChI=1S/C9H14F3N3OS/c1-6(13-2)8-15-14-7(17-8)3-4-16-5-9(10,11)12/h6,13H,3-5H2,1-2H3. The molecule has 1 rings (SSSR count). The molecule has 0 radical (unpaired) electrons. The summed E-state index contributed by atoms with van der Waals surface area (Å²) < 4.78 is 39.8. The Kier molecular flexibility index (Phi) is 5.29. The normalized spacial score (nSPS) is 13.9. The van der Waals surface area contributed by atoms with E-state index in [0.717, 1.165) is 5.01 Å². The first kappa shape index (κ1) is 14.3. The topological polar surface area (TPSA) is 47.0 Å². The third-order valence-electron chi connectivity index (χ3n) is 2.01. The average Bonchev–Trinajstić information content (AvgIpc) is 2.70. The molecule has 0 saturated carbocycles. The van der Waals surface area contributed by atoms with Crippen LogP contribution in [0, 0.1) is 0 Å². The molecule has 4 nitrogen and oxygen atoms in total. The first-order valence-corrected chi connectivity index (χ1v) is 5.88. The Morgan fingerprint density at radius 3 is 2.71 bits per heavy atom. The first-order chi connectivity index (χ1) is 7.92. The lowest BCUT2D eigenvalue weighted by atomic mass is 10.4. The van der Waals surface area contributed by atoms with Crippen LogP contribution in [0.5, 0.6) is 0 Å². The van der Waals surface area contributed by atoms with Crippen LogP contribution in [0.2, 0.25) is 0 Å². The van der Waals surface area contributed by atoms with Crippen molar-refractivity contribution in [2.45, 2.75) is 25.6 Å². The zero-order chi connectivity index (χ0) is 12.9. The summed E-state index contributed by atoms with van der Waals surface area (Å²) in [5.41, 5.74) is 0. The molecule has 17 heavy (non-hydrogen) atoms. The Morgan fingerprint density at radius 1 is 1.41 bits per heavy atom. The third-order valence-corrected chi connectivity index (χ3v) is 3.18. The maximum absolute atomic E-state index is 11.8. The summed E-state index contributed by atoms with van der Waals surface area (Å²) in [4.78, 5) is 0. The van der Waals surface area contributed by atoms with E-state index in [1.807, 2.05) is 6.92 Å². The van der Waals surface area contributed by atoms with Gasteiger partial charge in [-0.3, -0.25) is 0 Å². The van der Waals surface area contributed by atoms with Gasteiger partial charge in [0.25, 0.3) is 0 Å². The van der Waals surface area contributed by atoms with Gasteiger partial charge in [0.05, 0.1) is 12.6 Å². The molecule has 0 spiro atoms. The van der Waals surface area contributed by atoms with Gasteiger partial charge in [0.1, 0.15) is 16.6 Å². The van der Waals surface area contributed by atoms with E-state index in [2.05, 4.69) is 20.3 Å². The molecule has 0 bridgehead atoms. The zero-order valence-corrected chi connectivity index (χ0v) is 10.4. The van der Waals surface area contributed by atoms with E-state index >= 15 is 0 Å². The molecule has 0 aliphatic carbocycles. The molecule has 0 fully saturated rings. The molecule has 1 heterocycles. The van der Waals surface area contributed by atoms with Gasteiger partial charge in [-0.2, -0.15) is 13.2 Å². The van der Waals surface area contributed by atoms with Gasteiger partial charge in [0.2, 0.25) is 0 Å². The minimum absolute atomic E-state index is 0.00206. The molecular formula is C9H14F3N3OS. The van der Waals surface area contributed by atoms with Crippen LogP contribution in [0.15, 0.2) is 0 Å². The molecule has 0 amide bonds. The van der Waals surface area contributed by atoms with Gasteiger partial charge in [-0.25, -0.2) is 0 Å². The number of rotatable bonds is 6. The molecule has 0 aliphatic rings. The Labute approximate surface area is 101 Å². The van der Waals surface area contributed by atoms with Crippen LogP contribution in [0.1, 0.15) is 23.0 Å². The van der Waals surface area contributed by atoms with Crippen LogP contribution in [-0.4, -0.2) is 36.6 Å².